The first-order valence-electron chi connectivity index (χ1n) is 16.3. The Kier molecular flexibility index (Phi) is 8.10. The van der Waals surface area contributed by atoms with Gasteiger partial charge in [0.1, 0.15) is 5.01 Å². The predicted octanol–water partition coefficient (Wildman–Crippen LogP) is 9.44. The van der Waals surface area contributed by atoms with Crippen molar-refractivity contribution in [3.63, 3.8) is 0 Å². The first kappa shape index (κ1) is 31.2. The Balaban J connectivity index is 1.33. The Morgan fingerprint density at radius 3 is 2.33 bits per heavy atom. The van der Waals surface area contributed by atoms with Gasteiger partial charge in [0.2, 0.25) is 0 Å². The number of piperidine rings is 1. The second kappa shape index (κ2) is 12.0. The number of hydrogen-bond donors (Lipinski definition) is 1. The van der Waals surface area contributed by atoms with Gasteiger partial charge in [-0.15, -0.1) is 11.3 Å². The van der Waals surface area contributed by atoms with Crippen molar-refractivity contribution in [3.05, 3.63) is 64.7 Å². The van der Waals surface area contributed by atoms with Gasteiger partial charge < -0.3 is 14.7 Å². The summed E-state index contributed by atoms with van der Waals surface area (Å²) in [5, 5.41) is 18.0. The first-order chi connectivity index (χ1) is 22.0. The van der Waals surface area contributed by atoms with Gasteiger partial charge in [-0.25, -0.2) is 9.78 Å². The van der Waals surface area contributed by atoms with Crippen molar-refractivity contribution in [2.75, 3.05) is 18.0 Å². The van der Waals surface area contributed by atoms with E-state index in [0.29, 0.717) is 10.6 Å². The monoisotopic (exact) mass is 656 g/mol. The van der Waals surface area contributed by atoms with Crippen molar-refractivity contribution in [1.29, 1.82) is 0 Å². The summed E-state index contributed by atoms with van der Waals surface area (Å²) in [5.41, 5.74) is 5.45. The Morgan fingerprint density at radius 1 is 1.02 bits per heavy atom. The summed E-state index contributed by atoms with van der Waals surface area (Å²) in [6, 6.07) is 16.0. The van der Waals surface area contributed by atoms with Crippen LogP contribution in [-0.4, -0.2) is 44.5 Å². The zero-order valence-electron chi connectivity index (χ0n) is 27.1. The average molecular weight is 657 g/mol. The number of carbonyl (C=O) groups is 1. The van der Waals surface area contributed by atoms with Crippen LogP contribution in [0.3, 0.4) is 0 Å². The number of aryl methyl sites for hydroxylation is 2. The van der Waals surface area contributed by atoms with Gasteiger partial charge in [0.05, 0.1) is 21.3 Å². The van der Waals surface area contributed by atoms with Crippen LogP contribution < -0.4 is 4.90 Å². The first-order valence-corrected chi connectivity index (χ1v) is 17.5. The lowest BCUT2D eigenvalue weighted by Gasteiger charge is -2.40. The lowest BCUT2D eigenvalue weighted by molar-refractivity contribution is -0.160. The van der Waals surface area contributed by atoms with E-state index in [1.54, 1.807) is 11.3 Å². The fourth-order valence-electron chi connectivity index (χ4n) is 7.27. The molecule has 240 valence electrons. The Bertz CT molecular complexity index is 1930. The van der Waals surface area contributed by atoms with Crippen LogP contribution in [0.25, 0.3) is 42.8 Å². The van der Waals surface area contributed by atoms with E-state index in [4.69, 9.17) is 26.4 Å². The molecular formula is C37H41ClN4O3S. The third kappa shape index (κ3) is 5.80. The predicted molar refractivity (Wildman–Crippen MR) is 188 cm³/mol. The SMILES string of the molecule is Cc1cc2nc(-c3ccc4c(c3)c(N3CCC(C5CCC5)CC3)nn4C)sc2c(-c2ccc(Cl)cc2)c1[C@H](OC(C)(C)C)C(=O)O. The Labute approximate surface area is 279 Å². The van der Waals surface area contributed by atoms with Gasteiger partial charge in [0.15, 0.2) is 11.9 Å². The average Bonchev–Trinajstić information content (AvgIpc) is 3.55. The number of aliphatic carboxylic acids is 1. The van der Waals surface area contributed by atoms with E-state index >= 15 is 0 Å². The lowest BCUT2D eigenvalue weighted by Crippen LogP contribution is -2.38. The maximum atomic E-state index is 12.7. The largest absolute Gasteiger partial charge is 0.479 e. The number of thiazole rings is 1. The number of benzene rings is 3. The molecule has 0 amide bonds. The van der Waals surface area contributed by atoms with Gasteiger partial charge in [0, 0.05) is 47.2 Å². The van der Waals surface area contributed by atoms with Crippen LogP contribution in [0.4, 0.5) is 5.82 Å². The van der Waals surface area contributed by atoms with Crippen molar-refractivity contribution in [3.8, 4) is 21.7 Å². The van der Waals surface area contributed by atoms with E-state index in [0.717, 1.165) is 79.1 Å². The second-order valence-corrected chi connectivity index (χ2v) is 15.4. The van der Waals surface area contributed by atoms with E-state index in [2.05, 4.69) is 23.1 Å². The zero-order chi connectivity index (χ0) is 32.3. The maximum absolute atomic E-state index is 12.7. The standard InChI is InChI=1S/C37H41ClN4O3S/c1-21-19-28-33(31(24-9-12-26(38)13-10-24)30(21)32(36(43)44)45-37(2,3)4)46-35(39-28)25-11-14-29-27(20-25)34(40-41(29)5)42-17-15-23(16-18-42)22-7-6-8-22/h9-14,19-20,22-23,32H,6-8,15-18H2,1-5H3,(H,43,44)/t32-/m0/s1. The molecular weight excluding hydrogens is 616 g/mol. The molecule has 1 saturated heterocycles. The molecule has 0 spiro atoms. The summed E-state index contributed by atoms with van der Waals surface area (Å²) < 4.78 is 9.10. The van der Waals surface area contributed by atoms with Crippen LogP contribution in [0, 0.1) is 18.8 Å². The Morgan fingerprint density at radius 2 is 1.70 bits per heavy atom. The summed E-state index contributed by atoms with van der Waals surface area (Å²) in [7, 11) is 2.02. The van der Waals surface area contributed by atoms with Crippen LogP contribution in [0.1, 0.15) is 70.1 Å². The molecule has 0 unspecified atom stereocenters. The molecule has 5 aromatic rings. The van der Waals surface area contributed by atoms with Gasteiger partial charge in [0.25, 0.3) is 0 Å². The van der Waals surface area contributed by atoms with Crippen LogP contribution in [0.15, 0.2) is 48.5 Å². The van der Waals surface area contributed by atoms with Crippen molar-refractivity contribution in [1.82, 2.24) is 14.8 Å². The number of fused-ring (bicyclic) bond motifs is 2. The number of aromatic nitrogens is 3. The van der Waals surface area contributed by atoms with E-state index in [1.807, 2.05) is 69.8 Å². The number of rotatable bonds is 7. The quantitative estimate of drug-likeness (QED) is 0.188. The van der Waals surface area contributed by atoms with E-state index < -0.39 is 17.7 Å². The highest BCUT2D eigenvalue weighted by Crippen LogP contribution is 2.45. The molecule has 1 atom stereocenters. The topological polar surface area (TPSA) is 80.5 Å². The second-order valence-electron chi connectivity index (χ2n) is 14.0. The number of carboxylic acid groups (broad SMARTS) is 1. The molecule has 9 heteroatoms. The molecule has 1 saturated carbocycles. The minimum absolute atomic E-state index is 0.618. The molecule has 2 aromatic heterocycles. The number of ether oxygens (including phenoxy) is 1. The van der Waals surface area contributed by atoms with E-state index in [9.17, 15) is 9.90 Å². The van der Waals surface area contributed by atoms with Gasteiger partial charge in [-0.1, -0.05) is 43.0 Å². The van der Waals surface area contributed by atoms with Crippen LogP contribution >= 0.6 is 22.9 Å². The minimum Gasteiger partial charge on any atom is -0.479 e. The molecule has 0 bridgehead atoms. The van der Waals surface area contributed by atoms with Crippen LogP contribution in [-0.2, 0) is 16.6 Å². The molecule has 7 nitrogen and oxygen atoms in total. The van der Waals surface area contributed by atoms with Crippen molar-refractivity contribution in [2.45, 2.75) is 71.5 Å². The molecule has 7 rings (SSSR count). The molecule has 3 aromatic carbocycles. The highest BCUT2D eigenvalue weighted by molar-refractivity contribution is 7.22. The zero-order valence-corrected chi connectivity index (χ0v) is 28.7. The third-order valence-corrected chi connectivity index (χ3v) is 11.1. The van der Waals surface area contributed by atoms with Crippen molar-refractivity contribution < 1.29 is 14.6 Å². The van der Waals surface area contributed by atoms with Crippen molar-refractivity contribution >= 4 is 55.8 Å². The molecule has 0 radical (unpaired) electrons. The minimum atomic E-state index is -1.15. The van der Waals surface area contributed by atoms with Crippen LogP contribution in [0.2, 0.25) is 5.02 Å². The number of carboxylic acids is 1. The Hall–Kier alpha value is -3.46. The summed E-state index contributed by atoms with van der Waals surface area (Å²) in [5.74, 6) is 1.82. The number of anilines is 1. The van der Waals surface area contributed by atoms with Gasteiger partial charge in [-0.2, -0.15) is 5.10 Å². The molecule has 1 aliphatic heterocycles. The number of nitrogens with zero attached hydrogens (tertiary/aromatic N) is 4. The summed E-state index contributed by atoms with van der Waals surface area (Å²) >= 11 is 7.86. The number of hydrogen-bond acceptors (Lipinski definition) is 6. The normalized spacial score (nSPS) is 17.1. The fourth-order valence-corrected chi connectivity index (χ4v) is 8.52. The maximum Gasteiger partial charge on any atom is 0.337 e. The molecule has 2 fully saturated rings. The summed E-state index contributed by atoms with van der Waals surface area (Å²) in [6.07, 6.45) is 5.55. The highest BCUT2D eigenvalue weighted by atomic mass is 35.5. The summed E-state index contributed by atoms with van der Waals surface area (Å²) in [6.45, 7) is 9.67. The molecule has 1 aliphatic carbocycles. The van der Waals surface area contributed by atoms with Gasteiger partial charge in [-0.05, 0) is 99.9 Å². The highest BCUT2D eigenvalue weighted by Gasteiger charge is 2.33. The molecule has 46 heavy (non-hydrogen) atoms. The fraction of sp³-hybridized carbons (Fsp3) is 0.432. The third-order valence-electron chi connectivity index (χ3n) is 9.75. The number of halogens is 1. The van der Waals surface area contributed by atoms with E-state index in [-0.39, 0.29) is 0 Å². The molecule has 2 aliphatic rings. The lowest BCUT2D eigenvalue weighted by atomic mass is 9.72. The molecule has 1 N–H and O–H groups in total. The van der Waals surface area contributed by atoms with Gasteiger partial charge in [-0.3, -0.25) is 4.68 Å². The van der Waals surface area contributed by atoms with Crippen molar-refractivity contribution in [2.24, 2.45) is 18.9 Å². The smallest absolute Gasteiger partial charge is 0.337 e. The van der Waals surface area contributed by atoms with Gasteiger partial charge >= 0.3 is 5.97 Å². The van der Waals surface area contributed by atoms with Crippen LogP contribution in [0.5, 0.6) is 0 Å². The van der Waals surface area contributed by atoms with E-state index in [1.165, 1.54) is 32.1 Å². The molecule has 3 heterocycles. The summed E-state index contributed by atoms with van der Waals surface area (Å²) in [4.78, 5) is 20.3.